The van der Waals surface area contributed by atoms with E-state index < -0.39 is 12.0 Å². The highest BCUT2D eigenvalue weighted by atomic mass is 32.2. The molecule has 0 unspecified atom stereocenters. The molecule has 0 amide bonds. The highest BCUT2D eigenvalue weighted by Crippen LogP contribution is 2.42. The van der Waals surface area contributed by atoms with Crippen LogP contribution >= 0.6 is 34.4 Å². The standard InChI is InChI=1S/C15H10F3N5S3/c1-7-19-11-10(8(6-25-11)9-4-3-5-24-9)12(20-7)26-14-22-21-13(23(14)2)15(16,17)18/h3-6H,1-2H3. The number of halogens is 3. The molecule has 0 saturated carbocycles. The summed E-state index contributed by atoms with van der Waals surface area (Å²) >= 11 is 4.13. The van der Waals surface area contributed by atoms with Crippen LogP contribution in [0.2, 0.25) is 0 Å². The van der Waals surface area contributed by atoms with E-state index in [1.54, 1.807) is 18.3 Å². The van der Waals surface area contributed by atoms with Gasteiger partial charge in [0.2, 0.25) is 5.82 Å². The Kier molecular flexibility index (Phi) is 4.24. The van der Waals surface area contributed by atoms with Crippen molar-refractivity contribution in [3.05, 3.63) is 34.5 Å². The van der Waals surface area contributed by atoms with E-state index >= 15 is 0 Å². The summed E-state index contributed by atoms with van der Waals surface area (Å²) in [6.45, 7) is 1.76. The summed E-state index contributed by atoms with van der Waals surface area (Å²) in [5.74, 6) is -0.483. The van der Waals surface area contributed by atoms with Crippen LogP contribution in [-0.4, -0.2) is 24.7 Å². The van der Waals surface area contributed by atoms with E-state index in [2.05, 4.69) is 20.2 Å². The molecule has 0 fully saturated rings. The summed E-state index contributed by atoms with van der Waals surface area (Å²) in [5, 5.41) is 12.4. The van der Waals surface area contributed by atoms with Crippen LogP contribution in [0.25, 0.3) is 20.7 Å². The van der Waals surface area contributed by atoms with Crippen LogP contribution in [-0.2, 0) is 13.2 Å². The molecule has 0 aliphatic heterocycles. The van der Waals surface area contributed by atoms with Gasteiger partial charge in [-0.2, -0.15) is 13.2 Å². The van der Waals surface area contributed by atoms with Gasteiger partial charge in [0.25, 0.3) is 0 Å². The Balaban J connectivity index is 1.84. The average Bonchev–Trinajstić information content (AvgIpc) is 3.26. The minimum Gasteiger partial charge on any atom is -0.301 e. The Morgan fingerprint density at radius 3 is 2.62 bits per heavy atom. The number of hydrogen-bond donors (Lipinski definition) is 0. The highest BCUT2D eigenvalue weighted by Gasteiger charge is 2.37. The molecule has 0 saturated heterocycles. The topological polar surface area (TPSA) is 56.5 Å². The Bertz CT molecular complexity index is 1080. The molecule has 0 atom stereocenters. The zero-order valence-electron chi connectivity index (χ0n) is 13.4. The Morgan fingerprint density at radius 1 is 1.15 bits per heavy atom. The zero-order valence-corrected chi connectivity index (χ0v) is 15.9. The molecule has 0 bridgehead atoms. The molecule has 4 heterocycles. The lowest BCUT2D eigenvalue weighted by Gasteiger charge is -2.07. The molecule has 0 N–H and O–H groups in total. The largest absolute Gasteiger partial charge is 0.451 e. The van der Waals surface area contributed by atoms with Crippen LogP contribution in [0.5, 0.6) is 0 Å². The molecule has 4 rings (SSSR count). The van der Waals surface area contributed by atoms with E-state index in [9.17, 15) is 13.2 Å². The van der Waals surface area contributed by atoms with E-state index in [0.717, 1.165) is 37.0 Å². The predicted molar refractivity (Wildman–Crippen MR) is 95.6 cm³/mol. The summed E-state index contributed by atoms with van der Waals surface area (Å²) in [6, 6.07) is 3.94. The molecule has 0 aliphatic carbocycles. The van der Waals surface area contributed by atoms with Crippen LogP contribution < -0.4 is 0 Å². The second kappa shape index (κ2) is 6.32. The molecule has 0 aromatic carbocycles. The van der Waals surface area contributed by atoms with E-state index in [4.69, 9.17) is 0 Å². The van der Waals surface area contributed by atoms with Crippen LogP contribution in [0.15, 0.2) is 33.1 Å². The molecule has 0 radical (unpaired) electrons. The van der Waals surface area contributed by atoms with Crippen LogP contribution in [0.3, 0.4) is 0 Å². The maximum Gasteiger partial charge on any atom is 0.451 e. The normalized spacial score (nSPS) is 12.2. The van der Waals surface area contributed by atoms with Gasteiger partial charge < -0.3 is 4.57 Å². The molecule has 5 nitrogen and oxygen atoms in total. The minimum atomic E-state index is -4.55. The van der Waals surface area contributed by atoms with Crippen LogP contribution in [0.4, 0.5) is 13.2 Å². The number of aryl methyl sites for hydroxylation is 1. The first kappa shape index (κ1) is 17.4. The smallest absolute Gasteiger partial charge is 0.301 e. The summed E-state index contributed by atoms with van der Waals surface area (Å²) in [7, 11) is 1.30. The van der Waals surface area contributed by atoms with Crippen molar-refractivity contribution in [2.45, 2.75) is 23.3 Å². The van der Waals surface area contributed by atoms with Crippen molar-refractivity contribution in [3.8, 4) is 10.4 Å². The van der Waals surface area contributed by atoms with Crippen molar-refractivity contribution in [1.82, 2.24) is 24.7 Å². The fraction of sp³-hybridized carbons (Fsp3) is 0.200. The Hall–Kier alpha value is -1.98. The van der Waals surface area contributed by atoms with E-state index in [-0.39, 0.29) is 5.16 Å². The van der Waals surface area contributed by atoms with Gasteiger partial charge in [0.05, 0.1) is 5.39 Å². The number of aromatic nitrogens is 5. The van der Waals surface area contributed by atoms with E-state index in [0.29, 0.717) is 10.9 Å². The maximum atomic E-state index is 13.0. The summed E-state index contributed by atoms with van der Waals surface area (Å²) in [6.07, 6.45) is -4.55. The lowest BCUT2D eigenvalue weighted by Crippen LogP contribution is -2.12. The van der Waals surface area contributed by atoms with Gasteiger partial charge in [0.15, 0.2) is 5.16 Å². The maximum absolute atomic E-state index is 13.0. The molecule has 26 heavy (non-hydrogen) atoms. The van der Waals surface area contributed by atoms with E-state index in [1.165, 1.54) is 18.4 Å². The number of hydrogen-bond acceptors (Lipinski definition) is 7. The first-order chi connectivity index (χ1) is 12.3. The second-order valence-corrected chi connectivity index (χ2v) is 8.11. The fourth-order valence-corrected chi connectivity index (χ4v) is 5.27. The highest BCUT2D eigenvalue weighted by molar-refractivity contribution is 7.99. The lowest BCUT2D eigenvalue weighted by atomic mass is 10.2. The van der Waals surface area contributed by atoms with Crippen molar-refractivity contribution in [2.24, 2.45) is 7.05 Å². The first-order valence-electron chi connectivity index (χ1n) is 7.28. The lowest BCUT2D eigenvalue weighted by molar-refractivity contribution is -0.147. The Morgan fingerprint density at radius 2 is 1.96 bits per heavy atom. The second-order valence-electron chi connectivity index (χ2n) is 5.35. The third-order valence-corrected chi connectivity index (χ3v) is 6.38. The summed E-state index contributed by atoms with van der Waals surface area (Å²) in [5.41, 5.74) is 0.973. The monoisotopic (exact) mass is 413 g/mol. The van der Waals surface area contributed by atoms with Crippen LogP contribution in [0.1, 0.15) is 11.6 Å². The van der Waals surface area contributed by atoms with Gasteiger partial charge in [0.1, 0.15) is 15.7 Å². The molecule has 4 aromatic rings. The van der Waals surface area contributed by atoms with Gasteiger partial charge in [-0.1, -0.05) is 6.07 Å². The predicted octanol–water partition coefficient (Wildman–Crippen LogP) is 5.03. The third-order valence-electron chi connectivity index (χ3n) is 3.58. The molecule has 0 aliphatic rings. The number of alkyl halides is 3. The van der Waals surface area contributed by atoms with Gasteiger partial charge in [-0.05, 0) is 30.1 Å². The van der Waals surface area contributed by atoms with E-state index in [1.807, 2.05) is 22.9 Å². The van der Waals surface area contributed by atoms with Gasteiger partial charge in [-0.15, -0.1) is 32.9 Å². The summed E-state index contributed by atoms with van der Waals surface area (Å²) in [4.78, 5) is 10.8. The quantitative estimate of drug-likeness (QED) is 0.441. The van der Waals surface area contributed by atoms with Crippen molar-refractivity contribution < 1.29 is 13.2 Å². The number of rotatable bonds is 3. The number of nitrogens with zero attached hydrogens (tertiary/aromatic N) is 5. The minimum absolute atomic E-state index is 0.125. The van der Waals surface area contributed by atoms with Crippen molar-refractivity contribution >= 4 is 44.7 Å². The first-order valence-corrected chi connectivity index (χ1v) is 9.86. The molecule has 4 aromatic heterocycles. The van der Waals surface area contributed by atoms with Crippen molar-refractivity contribution in [1.29, 1.82) is 0 Å². The Labute approximate surface area is 157 Å². The van der Waals surface area contributed by atoms with Gasteiger partial charge >= 0.3 is 6.18 Å². The van der Waals surface area contributed by atoms with Gasteiger partial charge in [-0.3, -0.25) is 0 Å². The number of thiophene rings is 2. The summed E-state index contributed by atoms with van der Waals surface area (Å²) < 4.78 is 39.8. The fourth-order valence-electron chi connectivity index (χ4n) is 2.44. The molecular weight excluding hydrogens is 403 g/mol. The van der Waals surface area contributed by atoms with Gasteiger partial charge in [0, 0.05) is 22.9 Å². The number of fused-ring (bicyclic) bond motifs is 1. The molecule has 0 spiro atoms. The molecular formula is C15H10F3N5S3. The molecule has 11 heteroatoms. The van der Waals surface area contributed by atoms with Crippen LogP contribution in [0, 0.1) is 6.92 Å². The SMILES string of the molecule is Cc1nc(Sc2nnc(C(F)(F)F)n2C)c2c(-c3cccs3)csc2n1. The molecule has 134 valence electrons. The zero-order chi connectivity index (χ0) is 18.5. The van der Waals surface area contributed by atoms with Crippen molar-refractivity contribution in [2.75, 3.05) is 0 Å². The average molecular weight is 413 g/mol. The van der Waals surface area contributed by atoms with Gasteiger partial charge in [-0.25, -0.2) is 9.97 Å². The van der Waals surface area contributed by atoms with Crippen molar-refractivity contribution in [3.63, 3.8) is 0 Å². The third kappa shape index (κ3) is 2.99.